The molecule has 1 aliphatic heterocycles. The first-order valence-corrected chi connectivity index (χ1v) is 9.24. The third kappa shape index (κ3) is 2.16. The second-order valence-electron chi connectivity index (χ2n) is 5.98. The van der Waals surface area contributed by atoms with Gasteiger partial charge in [0.15, 0.2) is 10.7 Å². The van der Waals surface area contributed by atoms with Gasteiger partial charge in [0.25, 0.3) is 5.56 Å². The van der Waals surface area contributed by atoms with Gasteiger partial charge in [0.2, 0.25) is 5.88 Å². The number of imidazole rings is 1. The summed E-state index contributed by atoms with van der Waals surface area (Å²) in [7, 11) is 0. The quantitative estimate of drug-likeness (QED) is 0.550. The molecule has 0 spiro atoms. The molecule has 0 fully saturated rings. The minimum absolute atomic E-state index is 0.0471. The lowest BCUT2D eigenvalue weighted by Gasteiger charge is -2.14. The molecule has 0 radical (unpaired) electrons. The van der Waals surface area contributed by atoms with E-state index in [1.54, 1.807) is 4.40 Å². The number of nitrogens with zero attached hydrogens (tertiary/aromatic N) is 3. The highest BCUT2D eigenvalue weighted by Crippen LogP contribution is 2.38. The molecular weight excluding hydrogens is 346 g/mol. The molecule has 128 valence electrons. The van der Waals surface area contributed by atoms with E-state index in [-0.39, 0.29) is 5.56 Å². The summed E-state index contributed by atoms with van der Waals surface area (Å²) in [6.45, 7) is 2.86. The number of rotatable bonds is 2. The predicted molar refractivity (Wildman–Crippen MR) is 105 cm³/mol. The number of aromatic nitrogens is 2. The van der Waals surface area contributed by atoms with E-state index in [1.165, 1.54) is 11.3 Å². The van der Waals surface area contributed by atoms with Crippen LogP contribution in [0.5, 0.6) is 5.75 Å². The number of benzene rings is 2. The Balaban J connectivity index is 1.62. The molecule has 0 saturated carbocycles. The minimum Gasteiger partial charge on any atom is -0.439 e. The first-order valence-electron chi connectivity index (χ1n) is 8.42. The van der Waals surface area contributed by atoms with E-state index < -0.39 is 0 Å². The molecule has 26 heavy (non-hydrogen) atoms. The zero-order valence-electron chi connectivity index (χ0n) is 14.0. The van der Waals surface area contributed by atoms with Crippen LogP contribution in [-0.4, -0.2) is 15.9 Å². The maximum Gasteiger partial charge on any atom is 0.274 e. The van der Waals surface area contributed by atoms with Gasteiger partial charge in [0, 0.05) is 12.6 Å². The summed E-state index contributed by atoms with van der Waals surface area (Å²) in [4.78, 5) is 20.1. The van der Waals surface area contributed by atoms with Crippen LogP contribution in [-0.2, 0) is 0 Å². The van der Waals surface area contributed by atoms with Crippen LogP contribution >= 0.6 is 11.3 Å². The summed E-state index contributed by atoms with van der Waals surface area (Å²) < 4.78 is 8.25. The Morgan fingerprint density at radius 3 is 2.81 bits per heavy atom. The fraction of sp³-hybridized carbons (Fsp3) is 0.100. The Morgan fingerprint density at radius 1 is 1.12 bits per heavy atom. The first kappa shape index (κ1) is 15.2. The summed E-state index contributed by atoms with van der Waals surface area (Å²) in [5.74, 6) is 1.56. The largest absolute Gasteiger partial charge is 0.439 e. The molecule has 0 N–H and O–H groups in total. The number of ether oxygens (including phenoxy) is 1. The molecule has 3 heterocycles. The molecule has 0 bridgehead atoms. The van der Waals surface area contributed by atoms with Crippen LogP contribution in [0.4, 0.5) is 5.69 Å². The fourth-order valence-electron chi connectivity index (χ4n) is 3.28. The molecule has 0 unspecified atom stereocenters. The third-order valence-corrected chi connectivity index (χ3v) is 5.46. The Labute approximate surface area is 153 Å². The molecule has 0 aliphatic carbocycles. The lowest BCUT2D eigenvalue weighted by Crippen LogP contribution is -2.23. The molecule has 4 aromatic rings. The number of anilines is 1. The molecule has 0 amide bonds. The van der Waals surface area contributed by atoms with Gasteiger partial charge in [0.1, 0.15) is 0 Å². The van der Waals surface area contributed by atoms with Crippen molar-refractivity contribution in [3.63, 3.8) is 0 Å². The van der Waals surface area contributed by atoms with Gasteiger partial charge in [-0.2, -0.15) is 0 Å². The number of thiazole rings is 1. The standard InChI is InChI=1S/C20H15N3O2S/c1-2-22-15-9-5-6-10-16(15)25-18(22)12-11-17-19(24)23-14-8-4-3-7-13(14)21-20(23)26-17/h3-12H,2H2,1H3. The number of fused-ring (bicyclic) bond motifs is 4. The van der Waals surface area contributed by atoms with E-state index in [0.29, 0.717) is 9.49 Å². The summed E-state index contributed by atoms with van der Waals surface area (Å²) in [6, 6.07) is 15.6. The summed E-state index contributed by atoms with van der Waals surface area (Å²) >= 11 is 1.39. The van der Waals surface area contributed by atoms with Crippen molar-refractivity contribution >= 4 is 39.1 Å². The molecular formula is C20H15N3O2S. The smallest absolute Gasteiger partial charge is 0.274 e. The predicted octanol–water partition coefficient (Wildman–Crippen LogP) is 3.17. The van der Waals surface area contributed by atoms with Gasteiger partial charge in [-0.3, -0.25) is 4.79 Å². The van der Waals surface area contributed by atoms with Crippen molar-refractivity contribution in [2.24, 2.45) is 0 Å². The zero-order chi connectivity index (χ0) is 17.7. The highest BCUT2D eigenvalue weighted by Gasteiger charge is 2.23. The lowest BCUT2D eigenvalue weighted by atomic mass is 10.3. The van der Waals surface area contributed by atoms with Gasteiger partial charge in [-0.05, 0) is 37.3 Å². The highest BCUT2D eigenvalue weighted by molar-refractivity contribution is 7.15. The average molecular weight is 361 g/mol. The Kier molecular flexibility index (Phi) is 3.33. The molecule has 5 nitrogen and oxygen atoms in total. The summed E-state index contributed by atoms with van der Waals surface area (Å²) in [5, 5.41) is 0. The fourth-order valence-corrected chi connectivity index (χ4v) is 4.20. The van der Waals surface area contributed by atoms with Gasteiger partial charge < -0.3 is 9.64 Å². The number of hydrogen-bond donors (Lipinski definition) is 0. The van der Waals surface area contributed by atoms with Crippen molar-refractivity contribution in [2.75, 3.05) is 11.4 Å². The van der Waals surface area contributed by atoms with Crippen LogP contribution in [0.2, 0.25) is 0 Å². The van der Waals surface area contributed by atoms with Crippen LogP contribution < -0.4 is 19.7 Å². The van der Waals surface area contributed by atoms with E-state index in [1.807, 2.05) is 60.7 Å². The van der Waals surface area contributed by atoms with Crippen LogP contribution in [0.15, 0.2) is 65.3 Å². The Hall–Kier alpha value is -3.12. The minimum atomic E-state index is -0.0471. The van der Waals surface area contributed by atoms with Gasteiger partial charge in [0.05, 0.1) is 21.3 Å². The van der Waals surface area contributed by atoms with E-state index in [9.17, 15) is 4.79 Å². The summed E-state index contributed by atoms with van der Waals surface area (Å²) in [6.07, 6.45) is 3.68. The van der Waals surface area contributed by atoms with Crippen molar-refractivity contribution in [3.8, 4) is 5.75 Å². The van der Waals surface area contributed by atoms with Gasteiger partial charge in [-0.1, -0.05) is 35.6 Å². The second kappa shape index (κ2) is 5.71. The van der Waals surface area contributed by atoms with E-state index in [2.05, 4.69) is 16.8 Å². The van der Waals surface area contributed by atoms with Crippen LogP contribution in [0, 0.1) is 0 Å². The van der Waals surface area contributed by atoms with Gasteiger partial charge >= 0.3 is 0 Å². The van der Waals surface area contributed by atoms with Crippen molar-refractivity contribution in [2.45, 2.75) is 6.92 Å². The van der Waals surface area contributed by atoms with Crippen LogP contribution in [0.1, 0.15) is 6.92 Å². The second-order valence-corrected chi connectivity index (χ2v) is 6.98. The Bertz CT molecular complexity index is 1290. The molecule has 5 rings (SSSR count). The van der Waals surface area contributed by atoms with Gasteiger partial charge in [-0.25, -0.2) is 9.38 Å². The normalized spacial score (nSPS) is 16.0. The molecule has 0 saturated heterocycles. The van der Waals surface area contributed by atoms with E-state index >= 15 is 0 Å². The molecule has 0 atom stereocenters. The van der Waals surface area contributed by atoms with Crippen molar-refractivity contribution in [3.05, 3.63) is 75.4 Å². The van der Waals surface area contributed by atoms with E-state index in [4.69, 9.17) is 4.74 Å². The van der Waals surface area contributed by atoms with E-state index in [0.717, 1.165) is 34.9 Å². The first-order chi connectivity index (χ1) is 12.8. The monoisotopic (exact) mass is 361 g/mol. The van der Waals surface area contributed by atoms with Crippen LogP contribution in [0.25, 0.3) is 22.1 Å². The number of para-hydroxylation sites is 4. The van der Waals surface area contributed by atoms with Crippen molar-refractivity contribution in [1.29, 1.82) is 0 Å². The number of hydrogen-bond acceptors (Lipinski definition) is 5. The molecule has 1 aliphatic rings. The molecule has 2 aromatic heterocycles. The highest BCUT2D eigenvalue weighted by atomic mass is 32.1. The maximum atomic E-state index is 12.8. The molecule has 2 aromatic carbocycles. The molecule has 6 heteroatoms. The van der Waals surface area contributed by atoms with Gasteiger partial charge in [-0.15, -0.1) is 0 Å². The third-order valence-electron chi connectivity index (χ3n) is 4.48. The zero-order valence-corrected chi connectivity index (χ0v) is 14.9. The maximum absolute atomic E-state index is 12.8. The average Bonchev–Trinajstić information content (AvgIpc) is 3.30. The SMILES string of the molecule is CCN1C(=CC=c2sc3nc4ccccc4n3c2=O)Oc2ccccc21. The van der Waals surface area contributed by atoms with Crippen LogP contribution in [0.3, 0.4) is 0 Å². The summed E-state index contributed by atoms with van der Waals surface area (Å²) in [5.41, 5.74) is 2.68. The lowest BCUT2D eigenvalue weighted by molar-refractivity contribution is 0.440. The Morgan fingerprint density at radius 2 is 1.92 bits per heavy atom. The topological polar surface area (TPSA) is 46.8 Å². The number of allylic oxidation sites excluding steroid dienone is 1. The van der Waals surface area contributed by atoms with Crippen molar-refractivity contribution < 1.29 is 4.74 Å². The van der Waals surface area contributed by atoms with Crippen molar-refractivity contribution in [1.82, 2.24) is 9.38 Å².